The van der Waals surface area contributed by atoms with E-state index in [4.69, 9.17) is 4.42 Å². The third kappa shape index (κ3) is 5.20. The van der Waals surface area contributed by atoms with Crippen molar-refractivity contribution < 1.29 is 4.42 Å². The number of aromatic nitrogens is 1. The van der Waals surface area contributed by atoms with E-state index in [0.717, 1.165) is 61.2 Å². The Balaban J connectivity index is 1.09. The summed E-state index contributed by atoms with van der Waals surface area (Å²) in [5.74, 6) is 0. The van der Waals surface area contributed by atoms with Gasteiger partial charge in [0.1, 0.15) is 11.2 Å². The second kappa shape index (κ2) is 12.6. The van der Waals surface area contributed by atoms with E-state index < -0.39 is 0 Å². The van der Waals surface area contributed by atoms with Crippen LogP contribution in [0.2, 0.25) is 0 Å². The summed E-state index contributed by atoms with van der Waals surface area (Å²) in [6, 6.07) is 73.9. The maximum absolute atomic E-state index is 6.49. The van der Waals surface area contributed by atoms with Crippen LogP contribution in [0.4, 0.5) is 17.1 Å². The SMILES string of the molecule is c1ccc(-c2ccc(N(c3ccc4c(ccc5oc6cc(-c7ccccc7)ccc6c54)c3)c3ccc4c5ccccc5n(-c5ccccc5)c4c3)cc2)cc1. The van der Waals surface area contributed by atoms with Gasteiger partial charge in [-0.2, -0.15) is 0 Å². The molecule has 0 unspecified atom stereocenters. The van der Waals surface area contributed by atoms with Crippen LogP contribution in [0.15, 0.2) is 211 Å². The molecule has 3 heteroatoms. The van der Waals surface area contributed by atoms with Crippen LogP contribution >= 0.6 is 0 Å². The predicted octanol–water partition coefficient (Wildman–Crippen LogP) is 14.6. The Morgan fingerprint density at radius 1 is 0.345 bits per heavy atom. The first kappa shape index (κ1) is 31.2. The van der Waals surface area contributed by atoms with Crippen LogP contribution in [0.25, 0.3) is 82.5 Å². The molecule has 0 N–H and O–H groups in total. The van der Waals surface area contributed by atoms with E-state index in [9.17, 15) is 0 Å². The van der Waals surface area contributed by atoms with Crippen molar-refractivity contribution >= 4 is 71.6 Å². The molecule has 0 saturated carbocycles. The Kier molecular flexibility index (Phi) is 7.17. The molecular weight excluding hydrogens is 669 g/mol. The average Bonchev–Trinajstić information content (AvgIpc) is 3.80. The van der Waals surface area contributed by atoms with Crippen LogP contribution in [0.5, 0.6) is 0 Å². The molecule has 11 rings (SSSR count). The van der Waals surface area contributed by atoms with E-state index >= 15 is 0 Å². The van der Waals surface area contributed by atoms with E-state index in [1.165, 1.54) is 38.4 Å². The van der Waals surface area contributed by atoms with Crippen LogP contribution in [0.1, 0.15) is 0 Å². The van der Waals surface area contributed by atoms with E-state index in [1.807, 2.05) is 6.07 Å². The van der Waals surface area contributed by atoms with Gasteiger partial charge in [-0.1, -0.05) is 133 Å². The quantitative estimate of drug-likeness (QED) is 0.172. The number of rotatable bonds is 6. The van der Waals surface area contributed by atoms with Crippen molar-refractivity contribution in [2.45, 2.75) is 0 Å². The fraction of sp³-hybridized carbons (Fsp3) is 0. The molecule has 0 spiro atoms. The molecular formula is C52H34N2O. The minimum absolute atomic E-state index is 0.896. The third-order valence-electron chi connectivity index (χ3n) is 11.0. The second-order valence-corrected chi connectivity index (χ2v) is 14.2. The highest BCUT2D eigenvalue weighted by Crippen LogP contribution is 2.43. The van der Waals surface area contributed by atoms with Gasteiger partial charge in [0.25, 0.3) is 0 Å². The number of fused-ring (bicyclic) bond motifs is 8. The van der Waals surface area contributed by atoms with Crippen LogP contribution in [0.3, 0.4) is 0 Å². The van der Waals surface area contributed by atoms with Crippen molar-refractivity contribution in [1.29, 1.82) is 0 Å². The van der Waals surface area contributed by atoms with Crippen molar-refractivity contribution in [1.82, 2.24) is 4.57 Å². The van der Waals surface area contributed by atoms with E-state index in [1.54, 1.807) is 0 Å². The Labute approximate surface area is 318 Å². The summed E-state index contributed by atoms with van der Waals surface area (Å²) in [5.41, 5.74) is 13.3. The predicted molar refractivity (Wildman–Crippen MR) is 231 cm³/mol. The number of nitrogens with zero attached hydrogens (tertiary/aromatic N) is 2. The lowest BCUT2D eigenvalue weighted by Crippen LogP contribution is -2.10. The summed E-state index contributed by atoms with van der Waals surface area (Å²) in [5, 5.41) is 7.07. The Bertz CT molecular complexity index is 3180. The summed E-state index contributed by atoms with van der Waals surface area (Å²) >= 11 is 0. The van der Waals surface area contributed by atoms with Crippen molar-refractivity contribution in [3.8, 4) is 27.9 Å². The minimum atomic E-state index is 0.896. The molecule has 3 nitrogen and oxygen atoms in total. The number of para-hydroxylation sites is 2. The Morgan fingerprint density at radius 3 is 1.67 bits per heavy atom. The van der Waals surface area contributed by atoms with Gasteiger partial charge in [-0.25, -0.2) is 0 Å². The van der Waals surface area contributed by atoms with Crippen molar-refractivity contribution in [2.75, 3.05) is 4.90 Å². The van der Waals surface area contributed by atoms with Gasteiger partial charge in [0, 0.05) is 44.3 Å². The molecule has 0 saturated heterocycles. The van der Waals surface area contributed by atoms with Gasteiger partial charge in [0.15, 0.2) is 0 Å². The normalized spacial score (nSPS) is 11.6. The maximum Gasteiger partial charge on any atom is 0.136 e. The summed E-state index contributed by atoms with van der Waals surface area (Å²) in [6.07, 6.45) is 0. The monoisotopic (exact) mass is 702 g/mol. The fourth-order valence-electron chi connectivity index (χ4n) is 8.38. The molecule has 9 aromatic carbocycles. The van der Waals surface area contributed by atoms with Crippen LogP contribution in [0, 0.1) is 0 Å². The smallest absolute Gasteiger partial charge is 0.136 e. The van der Waals surface area contributed by atoms with Gasteiger partial charge in [-0.05, 0) is 106 Å². The second-order valence-electron chi connectivity index (χ2n) is 14.2. The van der Waals surface area contributed by atoms with Crippen LogP contribution in [-0.2, 0) is 0 Å². The molecule has 258 valence electrons. The fourth-order valence-corrected chi connectivity index (χ4v) is 8.38. The molecule has 0 aliphatic heterocycles. The first-order chi connectivity index (χ1) is 27.3. The zero-order chi connectivity index (χ0) is 36.3. The van der Waals surface area contributed by atoms with E-state index in [0.29, 0.717) is 0 Å². The summed E-state index contributed by atoms with van der Waals surface area (Å²) in [7, 11) is 0. The third-order valence-corrected chi connectivity index (χ3v) is 11.0. The highest BCUT2D eigenvalue weighted by molar-refractivity contribution is 6.19. The molecule has 2 heterocycles. The highest BCUT2D eigenvalue weighted by Gasteiger charge is 2.19. The van der Waals surface area contributed by atoms with Gasteiger partial charge >= 0.3 is 0 Å². The zero-order valence-electron chi connectivity index (χ0n) is 29.9. The number of furan rings is 1. The number of anilines is 3. The molecule has 2 aromatic heterocycles. The maximum atomic E-state index is 6.49. The number of hydrogen-bond acceptors (Lipinski definition) is 2. The van der Waals surface area contributed by atoms with E-state index in [2.05, 4.69) is 210 Å². The van der Waals surface area contributed by atoms with Crippen molar-refractivity contribution in [3.05, 3.63) is 206 Å². The lowest BCUT2D eigenvalue weighted by atomic mass is 10.00. The van der Waals surface area contributed by atoms with Gasteiger partial charge in [0.05, 0.1) is 11.0 Å². The van der Waals surface area contributed by atoms with Gasteiger partial charge in [-0.3, -0.25) is 0 Å². The number of benzene rings is 9. The molecule has 0 radical (unpaired) electrons. The largest absolute Gasteiger partial charge is 0.456 e. The van der Waals surface area contributed by atoms with Crippen molar-refractivity contribution in [2.24, 2.45) is 0 Å². The first-order valence-corrected chi connectivity index (χ1v) is 18.8. The van der Waals surface area contributed by atoms with Crippen LogP contribution < -0.4 is 4.90 Å². The van der Waals surface area contributed by atoms with Gasteiger partial charge < -0.3 is 13.9 Å². The Hall–Kier alpha value is -7.36. The Morgan fingerprint density at radius 2 is 0.909 bits per heavy atom. The summed E-state index contributed by atoms with van der Waals surface area (Å²) in [4.78, 5) is 2.38. The first-order valence-electron chi connectivity index (χ1n) is 18.8. The molecule has 0 aliphatic carbocycles. The molecule has 0 amide bonds. The lowest BCUT2D eigenvalue weighted by molar-refractivity contribution is 0.669. The summed E-state index contributed by atoms with van der Waals surface area (Å²) in [6.45, 7) is 0. The zero-order valence-corrected chi connectivity index (χ0v) is 29.9. The topological polar surface area (TPSA) is 21.3 Å². The van der Waals surface area contributed by atoms with E-state index in [-0.39, 0.29) is 0 Å². The molecule has 0 fully saturated rings. The van der Waals surface area contributed by atoms with Crippen LogP contribution in [-0.4, -0.2) is 4.57 Å². The van der Waals surface area contributed by atoms with Gasteiger partial charge in [-0.15, -0.1) is 0 Å². The van der Waals surface area contributed by atoms with Gasteiger partial charge in [0.2, 0.25) is 0 Å². The molecule has 0 bridgehead atoms. The molecule has 0 atom stereocenters. The minimum Gasteiger partial charge on any atom is -0.456 e. The molecule has 55 heavy (non-hydrogen) atoms. The average molecular weight is 703 g/mol. The lowest BCUT2D eigenvalue weighted by Gasteiger charge is -2.26. The van der Waals surface area contributed by atoms with Crippen molar-refractivity contribution in [3.63, 3.8) is 0 Å². The number of hydrogen-bond donors (Lipinski definition) is 0. The standard InChI is InChI=1S/C52H34N2O/c1-4-12-35(13-5-1)37-20-24-41(25-21-37)53(43-27-30-46-45-18-10-11-19-48(45)54(49(46)34-43)40-16-8-3-9-17-40)42-26-29-44-39(32-42)23-31-50-52(44)47-28-22-38(33-51(47)55-50)36-14-6-2-7-15-36/h1-34H. The highest BCUT2D eigenvalue weighted by atomic mass is 16.3. The molecule has 11 aromatic rings. The summed E-state index contributed by atoms with van der Waals surface area (Å²) < 4.78 is 8.87. The molecule has 0 aliphatic rings.